The van der Waals surface area contributed by atoms with Crippen molar-refractivity contribution in [2.45, 2.75) is 12.5 Å². The summed E-state index contributed by atoms with van der Waals surface area (Å²) in [6.45, 7) is 1.18. The molecule has 7 nitrogen and oxygen atoms in total. The molecule has 1 aliphatic heterocycles. The SMILES string of the molecule is COc1ccc(NC(=O)c2cnc(OC3CCOC3)c(Cl)c2)cn1. The quantitative estimate of drug-likeness (QED) is 0.893. The molecule has 1 atom stereocenters. The van der Waals surface area contributed by atoms with Crippen LogP contribution in [-0.4, -0.2) is 42.3 Å². The molecule has 0 radical (unpaired) electrons. The maximum Gasteiger partial charge on any atom is 0.257 e. The number of anilines is 1. The molecule has 1 unspecified atom stereocenters. The van der Waals surface area contributed by atoms with Gasteiger partial charge in [0, 0.05) is 18.7 Å². The number of pyridine rings is 2. The van der Waals surface area contributed by atoms with Crippen molar-refractivity contribution in [2.75, 3.05) is 25.6 Å². The van der Waals surface area contributed by atoms with Crippen molar-refractivity contribution in [3.63, 3.8) is 0 Å². The third-order valence-corrected chi connectivity index (χ3v) is 3.71. The lowest BCUT2D eigenvalue weighted by Gasteiger charge is -2.12. The van der Waals surface area contributed by atoms with Gasteiger partial charge in [-0.1, -0.05) is 11.6 Å². The molecule has 2 aromatic rings. The number of nitrogens with one attached hydrogen (secondary N) is 1. The second kappa shape index (κ2) is 7.46. The maximum absolute atomic E-state index is 12.2. The average molecular weight is 350 g/mol. The van der Waals surface area contributed by atoms with E-state index in [0.29, 0.717) is 36.2 Å². The number of rotatable bonds is 5. The van der Waals surface area contributed by atoms with Gasteiger partial charge in [-0.25, -0.2) is 9.97 Å². The second-order valence-corrected chi connectivity index (χ2v) is 5.56. The van der Waals surface area contributed by atoms with Crippen molar-refractivity contribution in [2.24, 2.45) is 0 Å². The van der Waals surface area contributed by atoms with Crippen LogP contribution in [0.3, 0.4) is 0 Å². The van der Waals surface area contributed by atoms with E-state index in [2.05, 4.69) is 15.3 Å². The first-order valence-corrected chi connectivity index (χ1v) is 7.75. The largest absolute Gasteiger partial charge is 0.481 e. The zero-order valence-corrected chi connectivity index (χ0v) is 13.7. The van der Waals surface area contributed by atoms with Crippen molar-refractivity contribution in [1.82, 2.24) is 9.97 Å². The minimum atomic E-state index is -0.341. The van der Waals surface area contributed by atoms with Gasteiger partial charge in [0.05, 0.1) is 37.8 Å². The van der Waals surface area contributed by atoms with E-state index in [1.807, 2.05) is 0 Å². The summed E-state index contributed by atoms with van der Waals surface area (Å²) in [5, 5.41) is 2.99. The van der Waals surface area contributed by atoms with Crippen molar-refractivity contribution < 1.29 is 19.0 Å². The zero-order chi connectivity index (χ0) is 16.9. The standard InChI is InChI=1S/C16H16ClN3O4/c1-22-14-3-2-11(8-18-14)20-15(21)10-6-13(17)16(19-7-10)24-12-4-5-23-9-12/h2-3,6-8,12H,4-5,9H2,1H3,(H,20,21). The normalized spacial score (nSPS) is 16.7. The number of halogens is 1. The minimum absolute atomic E-state index is 0.0555. The summed E-state index contributed by atoms with van der Waals surface area (Å²) in [4.78, 5) is 20.4. The summed E-state index contributed by atoms with van der Waals surface area (Å²) in [7, 11) is 1.52. The first-order valence-electron chi connectivity index (χ1n) is 7.37. The molecule has 0 aliphatic carbocycles. The molecule has 1 N–H and O–H groups in total. The Morgan fingerprint density at radius 2 is 2.25 bits per heavy atom. The highest BCUT2D eigenvalue weighted by atomic mass is 35.5. The van der Waals surface area contributed by atoms with E-state index in [1.165, 1.54) is 25.6 Å². The van der Waals surface area contributed by atoms with Crippen LogP contribution in [0, 0.1) is 0 Å². The molecule has 2 aromatic heterocycles. The number of aromatic nitrogens is 2. The maximum atomic E-state index is 12.2. The number of methoxy groups -OCH3 is 1. The number of amides is 1. The number of carbonyl (C=O) groups is 1. The van der Waals surface area contributed by atoms with E-state index in [4.69, 9.17) is 25.8 Å². The van der Waals surface area contributed by atoms with E-state index in [-0.39, 0.29) is 17.0 Å². The van der Waals surface area contributed by atoms with Gasteiger partial charge in [-0.2, -0.15) is 0 Å². The molecule has 0 saturated carbocycles. The monoisotopic (exact) mass is 349 g/mol. The molecule has 8 heteroatoms. The van der Waals surface area contributed by atoms with Gasteiger partial charge in [0.25, 0.3) is 5.91 Å². The van der Waals surface area contributed by atoms with Gasteiger partial charge in [0.2, 0.25) is 11.8 Å². The minimum Gasteiger partial charge on any atom is -0.481 e. The molecule has 126 valence electrons. The second-order valence-electron chi connectivity index (χ2n) is 5.16. The zero-order valence-electron chi connectivity index (χ0n) is 13.0. The van der Waals surface area contributed by atoms with Crippen LogP contribution >= 0.6 is 11.6 Å². The highest BCUT2D eigenvalue weighted by molar-refractivity contribution is 6.32. The molecule has 24 heavy (non-hydrogen) atoms. The summed E-state index contributed by atoms with van der Waals surface area (Å²) in [5.41, 5.74) is 0.867. The summed E-state index contributed by atoms with van der Waals surface area (Å²) in [6, 6.07) is 4.86. The number of nitrogens with zero attached hydrogens (tertiary/aromatic N) is 2. The van der Waals surface area contributed by atoms with Gasteiger partial charge in [-0.15, -0.1) is 0 Å². The van der Waals surface area contributed by atoms with Crippen LogP contribution in [0.5, 0.6) is 11.8 Å². The van der Waals surface area contributed by atoms with E-state index >= 15 is 0 Å². The first kappa shape index (κ1) is 16.5. The lowest BCUT2D eigenvalue weighted by molar-refractivity contribution is 0.102. The molecule has 0 aromatic carbocycles. The fraction of sp³-hybridized carbons (Fsp3) is 0.312. The Morgan fingerprint density at radius 3 is 2.88 bits per heavy atom. The lowest BCUT2D eigenvalue weighted by Crippen LogP contribution is -2.17. The average Bonchev–Trinajstić information content (AvgIpc) is 3.10. The fourth-order valence-corrected chi connectivity index (χ4v) is 2.39. The first-order chi connectivity index (χ1) is 11.7. The van der Waals surface area contributed by atoms with Gasteiger partial charge in [0.15, 0.2) is 0 Å². The third-order valence-electron chi connectivity index (χ3n) is 3.44. The van der Waals surface area contributed by atoms with Crippen LogP contribution < -0.4 is 14.8 Å². The summed E-state index contributed by atoms with van der Waals surface area (Å²) in [6.07, 6.45) is 3.66. The van der Waals surface area contributed by atoms with E-state index in [0.717, 1.165) is 6.42 Å². The number of ether oxygens (including phenoxy) is 3. The Labute approximate surface area is 143 Å². The number of carbonyl (C=O) groups excluding carboxylic acids is 1. The Morgan fingerprint density at radius 1 is 1.38 bits per heavy atom. The van der Waals surface area contributed by atoms with Crippen LogP contribution in [0.1, 0.15) is 16.8 Å². The van der Waals surface area contributed by atoms with Gasteiger partial charge in [0.1, 0.15) is 11.1 Å². The molecule has 1 amide bonds. The molecule has 3 rings (SSSR count). The van der Waals surface area contributed by atoms with Crippen LogP contribution in [-0.2, 0) is 4.74 Å². The molecule has 0 spiro atoms. The van der Waals surface area contributed by atoms with E-state index in [9.17, 15) is 4.79 Å². The van der Waals surface area contributed by atoms with Crippen LogP contribution in [0.4, 0.5) is 5.69 Å². The van der Waals surface area contributed by atoms with Crippen LogP contribution in [0.2, 0.25) is 5.02 Å². The molecule has 1 aliphatic rings. The van der Waals surface area contributed by atoms with E-state index < -0.39 is 0 Å². The van der Waals surface area contributed by atoms with Crippen LogP contribution in [0.15, 0.2) is 30.6 Å². The highest BCUT2D eigenvalue weighted by Gasteiger charge is 2.20. The molecular formula is C16H16ClN3O4. The molecule has 1 saturated heterocycles. The van der Waals surface area contributed by atoms with Crippen molar-refractivity contribution in [3.05, 3.63) is 41.2 Å². The van der Waals surface area contributed by atoms with Crippen LogP contribution in [0.25, 0.3) is 0 Å². The molecule has 3 heterocycles. The highest BCUT2D eigenvalue weighted by Crippen LogP contribution is 2.25. The smallest absolute Gasteiger partial charge is 0.257 e. The summed E-state index contributed by atoms with van der Waals surface area (Å²) >= 11 is 6.16. The summed E-state index contributed by atoms with van der Waals surface area (Å²) < 4.78 is 15.9. The number of hydrogen-bond acceptors (Lipinski definition) is 6. The molecule has 0 bridgehead atoms. The van der Waals surface area contributed by atoms with E-state index in [1.54, 1.807) is 12.1 Å². The van der Waals surface area contributed by atoms with Gasteiger partial charge >= 0.3 is 0 Å². The lowest BCUT2D eigenvalue weighted by atomic mass is 10.2. The van der Waals surface area contributed by atoms with Gasteiger partial charge < -0.3 is 19.5 Å². The number of hydrogen-bond donors (Lipinski definition) is 1. The Bertz CT molecular complexity index is 718. The predicted octanol–water partition coefficient (Wildman–Crippen LogP) is 2.56. The fourth-order valence-electron chi connectivity index (χ4n) is 2.18. The van der Waals surface area contributed by atoms with Crippen molar-refractivity contribution in [1.29, 1.82) is 0 Å². The summed E-state index contributed by atoms with van der Waals surface area (Å²) in [5.74, 6) is 0.428. The van der Waals surface area contributed by atoms with Gasteiger partial charge in [-0.05, 0) is 12.1 Å². The third kappa shape index (κ3) is 3.93. The Balaban J connectivity index is 1.66. The topological polar surface area (TPSA) is 82.6 Å². The Hall–Kier alpha value is -2.38. The predicted molar refractivity (Wildman–Crippen MR) is 87.8 cm³/mol. The van der Waals surface area contributed by atoms with Gasteiger partial charge in [-0.3, -0.25) is 4.79 Å². The van der Waals surface area contributed by atoms with Crippen molar-refractivity contribution in [3.8, 4) is 11.8 Å². The Kier molecular flexibility index (Phi) is 5.12. The molecule has 1 fully saturated rings. The van der Waals surface area contributed by atoms with Crippen molar-refractivity contribution >= 4 is 23.2 Å². The molecular weight excluding hydrogens is 334 g/mol.